The molecule has 0 aliphatic carbocycles. The smallest absolute Gasteiger partial charge is 0.346 e. The largest absolute Gasteiger partial charge is 0.464 e. The van der Waals surface area contributed by atoms with Crippen molar-refractivity contribution < 1.29 is 23.5 Å². The van der Waals surface area contributed by atoms with E-state index in [1.807, 2.05) is 0 Å². The zero-order valence-electron chi connectivity index (χ0n) is 13.0. The van der Waals surface area contributed by atoms with E-state index < -0.39 is 23.5 Å². The van der Waals surface area contributed by atoms with Crippen molar-refractivity contribution in [2.45, 2.75) is 19.4 Å². The summed E-state index contributed by atoms with van der Waals surface area (Å²) in [5, 5.41) is 0.733. The molecular formula is C16H14ClNO6. The highest BCUT2D eigenvalue weighted by Gasteiger charge is 2.39. The zero-order chi connectivity index (χ0) is 17.4. The second-order valence-corrected chi connectivity index (χ2v) is 5.53. The first-order chi connectivity index (χ1) is 11.5. The molecule has 0 N–H and O–H groups in total. The van der Waals surface area contributed by atoms with Gasteiger partial charge in [0.05, 0.1) is 24.1 Å². The summed E-state index contributed by atoms with van der Waals surface area (Å²) in [5.74, 6) is -0.923. The van der Waals surface area contributed by atoms with Gasteiger partial charge in [-0.2, -0.15) is 0 Å². The molecule has 0 bridgehead atoms. The molecule has 7 nitrogen and oxygen atoms in total. The average Bonchev–Trinajstić information content (AvgIpc) is 2.86. The lowest BCUT2D eigenvalue weighted by Crippen LogP contribution is -2.32. The fourth-order valence-corrected chi connectivity index (χ4v) is 2.87. The second-order valence-electron chi connectivity index (χ2n) is 5.15. The number of imide groups is 1. The first-order valence-corrected chi connectivity index (χ1v) is 7.64. The number of hydrogen-bond acceptors (Lipinski definition) is 6. The van der Waals surface area contributed by atoms with E-state index in [0.29, 0.717) is 12.0 Å². The van der Waals surface area contributed by atoms with Crippen molar-refractivity contribution >= 4 is 39.9 Å². The van der Waals surface area contributed by atoms with Gasteiger partial charge >= 0.3 is 11.6 Å². The van der Waals surface area contributed by atoms with Crippen LogP contribution in [0.5, 0.6) is 5.95 Å². The minimum absolute atomic E-state index is 0.0357. The molecule has 1 aliphatic rings. The number of nitrogens with zero attached hydrogens (tertiary/aromatic N) is 1. The molecular weight excluding hydrogens is 338 g/mol. The van der Waals surface area contributed by atoms with E-state index >= 15 is 0 Å². The number of anilines is 1. The molecule has 2 heterocycles. The van der Waals surface area contributed by atoms with Crippen LogP contribution in [-0.2, 0) is 14.3 Å². The van der Waals surface area contributed by atoms with E-state index in [1.54, 1.807) is 13.0 Å². The first kappa shape index (κ1) is 16.5. The van der Waals surface area contributed by atoms with Gasteiger partial charge < -0.3 is 13.9 Å². The fourth-order valence-electron chi connectivity index (χ4n) is 2.61. The van der Waals surface area contributed by atoms with Crippen molar-refractivity contribution in [1.82, 2.24) is 0 Å². The molecule has 0 radical (unpaired) electrons. The summed E-state index contributed by atoms with van der Waals surface area (Å²) in [6.07, 6.45) is -0.847. The number of amides is 2. The van der Waals surface area contributed by atoms with Gasteiger partial charge in [-0.25, -0.2) is 9.69 Å². The number of carbonyl (C=O) groups excluding carboxylic acids is 2. The lowest BCUT2D eigenvalue weighted by atomic mass is 10.1. The summed E-state index contributed by atoms with van der Waals surface area (Å²) in [5.41, 5.74) is -0.397. The van der Waals surface area contributed by atoms with Gasteiger partial charge in [0.1, 0.15) is 11.1 Å². The zero-order valence-corrected chi connectivity index (χ0v) is 13.8. The Bertz CT molecular complexity index is 890. The van der Waals surface area contributed by atoms with Crippen LogP contribution in [0.3, 0.4) is 0 Å². The number of ether oxygens (including phenoxy) is 2. The molecule has 1 atom stereocenters. The minimum Gasteiger partial charge on any atom is -0.464 e. The normalized spacial score (nSPS) is 17.8. The van der Waals surface area contributed by atoms with Gasteiger partial charge in [0.15, 0.2) is 0 Å². The molecule has 1 saturated heterocycles. The van der Waals surface area contributed by atoms with Crippen LogP contribution in [0.1, 0.15) is 13.3 Å². The monoisotopic (exact) mass is 351 g/mol. The van der Waals surface area contributed by atoms with E-state index in [-0.39, 0.29) is 28.5 Å². The number of rotatable bonds is 4. The highest BCUT2D eigenvalue weighted by atomic mass is 35.5. The predicted molar refractivity (Wildman–Crippen MR) is 86.6 cm³/mol. The number of benzene rings is 1. The highest BCUT2D eigenvalue weighted by Crippen LogP contribution is 2.33. The Kier molecular flexibility index (Phi) is 4.29. The molecule has 24 heavy (non-hydrogen) atoms. The van der Waals surface area contributed by atoms with Crippen molar-refractivity contribution in [2.24, 2.45) is 0 Å². The Morgan fingerprint density at radius 3 is 2.67 bits per heavy atom. The Morgan fingerprint density at radius 2 is 2.04 bits per heavy atom. The van der Waals surface area contributed by atoms with Crippen molar-refractivity contribution in [3.63, 3.8) is 0 Å². The van der Waals surface area contributed by atoms with Crippen LogP contribution in [0.15, 0.2) is 27.4 Å². The highest BCUT2D eigenvalue weighted by molar-refractivity contribution is 6.36. The number of halogens is 1. The van der Waals surface area contributed by atoms with Crippen molar-refractivity contribution in [3.05, 3.63) is 33.6 Å². The standard InChI is InChI=1S/C16H14ClNO6/c1-3-23-16-13(17)9-5-4-8(6-10(9)15(21)24-16)18-12(19)7-11(22-2)14(18)20/h4-6,11H,3,7H2,1-2H3. The lowest BCUT2D eigenvalue weighted by Gasteiger charge is -2.15. The molecule has 3 rings (SSSR count). The number of carbonyl (C=O) groups is 2. The maximum atomic E-state index is 12.2. The van der Waals surface area contributed by atoms with Gasteiger partial charge in [-0.3, -0.25) is 9.59 Å². The topological polar surface area (TPSA) is 86.1 Å². The summed E-state index contributed by atoms with van der Waals surface area (Å²) < 4.78 is 15.2. The van der Waals surface area contributed by atoms with E-state index in [1.165, 1.54) is 19.2 Å². The number of hydrogen-bond donors (Lipinski definition) is 0. The van der Waals surface area contributed by atoms with Crippen LogP contribution < -0.4 is 15.3 Å². The predicted octanol–water partition coefficient (Wildman–Crippen LogP) is 2.12. The van der Waals surface area contributed by atoms with Gasteiger partial charge in [0, 0.05) is 12.5 Å². The van der Waals surface area contributed by atoms with Crippen molar-refractivity contribution in [3.8, 4) is 5.95 Å². The first-order valence-electron chi connectivity index (χ1n) is 7.26. The maximum Gasteiger partial charge on any atom is 0.346 e. The third-order valence-corrected chi connectivity index (χ3v) is 4.11. The minimum atomic E-state index is -0.812. The molecule has 1 aliphatic heterocycles. The Hall–Kier alpha value is -2.38. The van der Waals surface area contributed by atoms with Gasteiger partial charge in [-0.1, -0.05) is 17.7 Å². The lowest BCUT2D eigenvalue weighted by molar-refractivity contribution is -0.125. The molecule has 2 amide bonds. The Morgan fingerprint density at radius 1 is 1.29 bits per heavy atom. The molecule has 1 fully saturated rings. The van der Waals surface area contributed by atoms with Crippen molar-refractivity contribution in [1.29, 1.82) is 0 Å². The molecule has 1 unspecified atom stereocenters. The second kappa shape index (κ2) is 6.26. The summed E-state index contributed by atoms with van der Waals surface area (Å²) in [6.45, 7) is 2.03. The quantitative estimate of drug-likeness (QED) is 0.784. The summed E-state index contributed by atoms with van der Waals surface area (Å²) >= 11 is 6.18. The van der Waals surface area contributed by atoms with Crippen molar-refractivity contribution in [2.75, 3.05) is 18.6 Å². The third-order valence-electron chi connectivity index (χ3n) is 3.75. The Labute approximate surface area is 141 Å². The molecule has 8 heteroatoms. The van der Waals surface area contributed by atoms with Gasteiger partial charge in [0.2, 0.25) is 5.91 Å². The molecule has 0 spiro atoms. The van der Waals surface area contributed by atoms with Crippen LogP contribution in [0.2, 0.25) is 5.02 Å². The number of fused-ring (bicyclic) bond motifs is 1. The van der Waals surface area contributed by atoms with Crippen LogP contribution in [0.4, 0.5) is 5.69 Å². The van der Waals surface area contributed by atoms with E-state index in [4.69, 9.17) is 25.5 Å². The average molecular weight is 352 g/mol. The molecule has 126 valence electrons. The SMILES string of the molecule is CCOc1oc(=O)c2cc(N3C(=O)CC(OC)C3=O)ccc2c1Cl. The van der Waals surface area contributed by atoms with E-state index in [2.05, 4.69) is 0 Å². The van der Waals surface area contributed by atoms with E-state index in [0.717, 1.165) is 4.90 Å². The molecule has 0 saturated carbocycles. The van der Waals surface area contributed by atoms with Crippen LogP contribution in [0, 0.1) is 0 Å². The van der Waals surface area contributed by atoms with Gasteiger partial charge in [-0.15, -0.1) is 0 Å². The fraction of sp³-hybridized carbons (Fsp3) is 0.312. The molecule has 1 aromatic carbocycles. The summed E-state index contributed by atoms with van der Waals surface area (Å²) in [6, 6.07) is 4.49. The molecule has 1 aromatic heterocycles. The van der Waals surface area contributed by atoms with E-state index in [9.17, 15) is 14.4 Å². The Balaban J connectivity index is 2.12. The summed E-state index contributed by atoms with van der Waals surface area (Å²) in [7, 11) is 1.36. The molecule has 2 aromatic rings. The van der Waals surface area contributed by atoms with Crippen LogP contribution >= 0.6 is 11.6 Å². The third kappa shape index (κ3) is 2.55. The van der Waals surface area contributed by atoms with Gasteiger partial charge in [-0.05, 0) is 19.1 Å². The maximum absolute atomic E-state index is 12.2. The summed E-state index contributed by atoms with van der Waals surface area (Å²) in [4.78, 5) is 37.4. The van der Waals surface area contributed by atoms with Crippen LogP contribution in [0.25, 0.3) is 10.8 Å². The number of methoxy groups -OCH3 is 1. The van der Waals surface area contributed by atoms with Crippen LogP contribution in [-0.4, -0.2) is 31.6 Å². The van der Waals surface area contributed by atoms with Gasteiger partial charge in [0.25, 0.3) is 5.91 Å².